The molecule has 0 bridgehead atoms. The number of pyridine rings is 1. The number of halogens is 19. The van der Waals surface area contributed by atoms with Crippen LogP contribution in [0.4, 0.5) is 147 Å². The molecular formula is C98H70F19N25O3. The number of imidazole rings is 5. The van der Waals surface area contributed by atoms with E-state index in [0.29, 0.717) is 154 Å². The van der Waals surface area contributed by atoms with Crippen molar-refractivity contribution in [2.24, 2.45) is 0 Å². The van der Waals surface area contributed by atoms with Crippen LogP contribution in [-0.4, -0.2) is 112 Å². The molecule has 0 spiro atoms. The largest absolute Gasteiger partial charge is 0.573 e. The topological polar surface area (TPSA) is 319 Å². The van der Waals surface area contributed by atoms with Crippen molar-refractivity contribution in [3.63, 3.8) is 0 Å². The summed E-state index contributed by atoms with van der Waals surface area (Å²) in [6.45, 7) is 1.21. The second-order valence-corrected chi connectivity index (χ2v) is 31.7. The van der Waals surface area contributed by atoms with Gasteiger partial charge in [0.25, 0.3) is 0 Å². The third-order valence-corrected chi connectivity index (χ3v) is 21.3. The predicted molar refractivity (Wildman–Crippen MR) is 499 cm³/mol. The van der Waals surface area contributed by atoms with Gasteiger partial charge in [0.2, 0.25) is 0 Å². The first-order chi connectivity index (χ1) is 69.3. The Hall–Kier alpha value is -18.1. The number of nitrogens with two attached hydrogens (primary N) is 1. The molecule has 1 aliphatic rings. The van der Waals surface area contributed by atoms with E-state index in [1.54, 1.807) is 109 Å². The van der Waals surface area contributed by atoms with Crippen molar-refractivity contribution < 1.29 is 97.6 Å². The summed E-state index contributed by atoms with van der Waals surface area (Å²) in [4.78, 5) is 61.1. The van der Waals surface area contributed by atoms with Gasteiger partial charge in [0.05, 0.1) is 116 Å². The number of alkyl halides is 13. The molecule has 7 N–H and O–H groups in total. The number of nitrogen functional groups attached to an aromatic ring is 1. The number of aryl methyl sites for hydroxylation is 4. The fourth-order valence-electron chi connectivity index (χ4n) is 15.0. The molecule has 10 heterocycles. The Morgan fingerprint density at radius 2 is 0.614 bits per heavy atom. The minimum Gasteiger partial charge on any atom is -0.435 e. The number of benzene rings is 10. The molecule has 1 fully saturated rings. The summed E-state index contributed by atoms with van der Waals surface area (Å²) in [7, 11) is 0. The van der Waals surface area contributed by atoms with E-state index in [2.05, 4.69) is 111 Å². The minimum atomic E-state index is -4.75. The third kappa shape index (κ3) is 24.0. The Balaban J connectivity index is 0.000000124. The van der Waals surface area contributed by atoms with E-state index in [-0.39, 0.29) is 46.0 Å². The molecule has 28 nitrogen and oxygen atoms in total. The maximum atomic E-state index is 13.8. The molecule has 10 aromatic heterocycles. The number of hydrogen-bond acceptors (Lipinski definition) is 23. The van der Waals surface area contributed by atoms with Crippen LogP contribution in [0.1, 0.15) is 59.0 Å². The quantitative estimate of drug-likeness (QED) is 0.0364. The van der Waals surface area contributed by atoms with Crippen molar-refractivity contribution in [1.82, 2.24) is 92.6 Å². The molecule has 1 saturated carbocycles. The summed E-state index contributed by atoms with van der Waals surface area (Å²) in [5.74, 6) is 3.64. The average Bonchev–Trinajstić information content (AvgIpc) is 1.58. The zero-order valence-electron chi connectivity index (χ0n) is 75.0. The Kier molecular flexibility index (Phi) is 28.1. The van der Waals surface area contributed by atoms with Crippen molar-refractivity contribution in [3.05, 3.63) is 343 Å². The lowest BCUT2D eigenvalue weighted by Crippen LogP contribution is -2.16. The van der Waals surface area contributed by atoms with Crippen LogP contribution < -0.4 is 46.5 Å². The maximum absolute atomic E-state index is 13.8. The van der Waals surface area contributed by atoms with Gasteiger partial charge >= 0.3 is 31.9 Å². The Bertz CT molecular complexity index is 8090. The van der Waals surface area contributed by atoms with Gasteiger partial charge in [0.1, 0.15) is 81.3 Å². The number of aromatic nitrogens is 19. The summed E-state index contributed by atoms with van der Waals surface area (Å²) in [5.41, 5.74) is 12.7. The maximum Gasteiger partial charge on any atom is 0.573 e. The Morgan fingerprint density at radius 3 is 0.979 bits per heavy atom. The standard InChI is InChI=1S/C21H16F3N5O.C20H14F5N5.C19H13F4N5O.C19H13F4N5.C19H14F3N5O/c22-13-3-8-17-16(9-13)27-20(12-1-2-12)29(17)19-11-25-10-18(28-19)26-14-4-6-15(7-5-14)30-21(23)24;1-10-27-16-8-14(21)15(22)9-17(16)30(10)19-7-12(26)6-18(29-19)28-13-4-2-11(3-5-13)20(23,24)25;1-11-25-15-7-2-12(20)8-16(15)28(11)18-10-24-9-17(27-18)26-13-3-5-14(6-4-13)29-19(21,22)23;1-11-25-15-7-4-13(20)8-16(15)28(11)18-10-24-9-17(27-18)26-14-5-2-12(3-6-14)19(21,22)23;1-11-24-15-7-2-12(20)8-16(15)27(11)18-10-23-9-17(26-18)25-13-3-5-14(6-4-13)28-19(21)22/h3-12,21H,1-2H2,(H,26,28);2-9H,1H3,(H3,26,28,29);2-10H,1H3,(H,26,27);2-10H,1H3,(H,26,27);2-10,19H,1H3,(H,25,26). The number of rotatable bonds is 21. The summed E-state index contributed by atoms with van der Waals surface area (Å²) in [5, 5.41) is 14.9. The molecule has 0 aliphatic heterocycles. The van der Waals surface area contributed by atoms with Crippen LogP contribution in [0.25, 0.3) is 84.3 Å². The molecule has 47 heteroatoms. The van der Waals surface area contributed by atoms with E-state index >= 15 is 0 Å². The Morgan fingerprint density at radius 1 is 0.303 bits per heavy atom. The van der Waals surface area contributed by atoms with E-state index in [9.17, 15) is 83.4 Å². The van der Waals surface area contributed by atoms with Gasteiger partial charge in [-0.3, -0.25) is 42.8 Å². The number of nitrogens with zero attached hydrogens (tertiary/aromatic N) is 19. The Labute approximate surface area is 805 Å². The molecule has 0 saturated heterocycles. The lowest BCUT2D eigenvalue weighted by atomic mass is 10.2. The fraction of sp³-hybridized carbons (Fsp3) is 0.122. The smallest absolute Gasteiger partial charge is 0.435 e. The van der Waals surface area contributed by atoms with E-state index < -0.39 is 66.3 Å². The zero-order chi connectivity index (χ0) is 102. The van der Waals surface area contributed by atoms with Crippen LogP contribution >= 0.6 is 0 Å². The van der Waals surface area contributed by atoms with Gasteiger partial charge in [-0.25, -0.2) is 76.2 Å². The summed E-state index contributed by atoms with van der Waals surface area (Å²) >= 11 is 0. The minimum absolute atomic E-state index is 0.0583. The normalized spacial score (nSPS) is 12.0. The van der Waals surface area contributed by atoms with Gasteiger partial charge in [-0.05, 0) is 210 Å². The van der Waals surface area contributed by atoms with Gasteiger partial charge in [-0.2, -0.15) is 43.9 Å². The second-order valence-electron chi connectivity index (χ2n) is 31.7. The molecule has 145 heavy (non-hydrogen) atoms. The summed E-state index contributed by atoms with van der Waals surface area (Å²) in [6, 6.07) is 48.7. The lowest BCUT2D eigenvalue weighted by molar-refractivity contribution is -0.274. The van der Waals surface area contributed by atoms with Crippen molar-refractivity contribution in [2.75, 3.05) is 32.3 Å². The molecule has 738 valence electrons. The fourth-order valence-corrected chi connectivity index (χ4v) is 15.0. The molecule has 21 rings (SSSR count). The number of hydrogen-bond donors (Lipinski definition) is 6. The molecular weight excluding hydrogens is 1940 g/mol. The molecule has 0 radical (unpaired) electrons. The molecule has 0 unspecified atom stereocenters. The molecule has 10 aromatic carbocycles. The van der Waals surface area contributed by atoms with Crippen molar-refractivity contribution in [1.29, 1.82) is 0 Å². The highest BCUT2D eigenvalue weighted by Gasteiger charge is 2.35. The van der Waals surface area contributed by atoms with Gasteiger partial charge < -0.3 is 46.5 Å². The van der Waals surface area contributed by atoms with Crippen LogP contribution in [0.15, 0.2) is 268 Å². The zero-order valence-corrected chi connectivity index (χ0v) is 75.0. The molecule has 0 amide bonds. The first-order valence-electron chi connectivity index (χ1n) is 43.0. The SMILES string of the molecule is Cc1nc2cc(F)c(F)cc2n1-c1cc(N)cc(Nc2ccc(C(F)(F)F)cc2)n1.Cc1nc2ccc(F)cc2n1-c1cncc(Nc2ccc(C(F)(F)F)cc2)n1.Cc1nc2ccc(F)cc2n1-c1cncc(Nc2ccc(OC(F)(F)F)cc2)n1.Cc1nc2ccc(F)cc2n1-c1cncc(Nc2ccc(OC(F)F)cc2)n1.Fc1ccc2c(c1)nc(C1CC1)n2-c1cncc(Nc2ccc(OC(F)F)cc2)n1. The van der Waals surface area contributed by atoms with E-state index in [0.717, 1.165) is 60.6 Å². The van der Waals surface area contributed by atoms with Crippen LogP contribution in [0, 0.1) is 62.6 Å². The van der Waals surface area contributed by atoms with E-state index in [4.69, 9.17) is 5.73 Å². The van der Waals surface area contributed by atoms with E-state index in [1.807, 2.05) is 4.57 Å². The van der Waals surface area contributed by atoms with E-state index in [1.165, 1.54) is 169 Å². The summed E-state index contributed by atoms with van der Waals surface area (Å²) in [6.07, 6.45) is 0.628. The van der Waals surface area contributed by atoms with Gasteiger partial charge in [0.15, 0.2) is 58.2 Å². The number of ether oxygens (including phenoxy) is 3. The highest BCUT2D eigenvalue weighted by atomic mass is 19.4. The number of fused-ring (bicyclic) bond motifs is 5. The molecule has 1 aliphatic carbocycles. The monoisotopic (exact) mass is 2010 g/mol. The van der Waals surface area contributed by atoms with Gasteiger partial charge in [-0.15, -0.1) is 13.2 Å². The van der Waals surface area contributed by atoms with Crippen LogP contribution in [0.3, 0.4) is 0 Å². The highest BCUT2D eigenvalue weighted by molar-refractivity contribution is 5.83. The number of anilines is 11. The van der Waals surface area contributed by atoms with Gasteiger partial charge in [-0.1, -0.05) is 0 Å². The lowest BCUT2D eigenvalue weighted by Gasteiger charge is -2.12. The van der Waals surface area contributed by atoms with Crippen molar-refractivity contribution >= 4 is 118 Å². The molecule has 20 aromatic rings. The van der Waals surface area contributed by atoms with Crippen LogP contribution in [0.5, 0.6) is 17.2 Å². The third-order valence-electron chi connectivity index (χ3n) is 21.3. The average molecular weight is 2010 g/mol. The van der Waals surface area contributed by atoms with Crippen LogP contribution in [-0.2, 0) is 12.4 Å². The van der Waals surface area contributed by atoms with Crippen LogP contribution in [0.2, 0.25) is 0 Å². The first kappa shape index (κ1) is 98.5. The highest BCUT2D eigenvalue weighted by Crippen LogP contribution is 2.43. The number of nitrogens with one attached hydrogen (secondary N) is 5. The predicted octanol–water partition coefficient (Wildman–Crippen LogP) is 25.1. The van der Waals surface area contributed by atoms with Gasteiger partial charge in [0, 0.05) is 88.6 Å². The van der Waals surface area contributed by atoms with Crippen molar-refractivity contribution in [2.45, 2.75) is 78.4 Å². The second kappa shape index (κ2) is 41.4. The first-order valence-corrected chi connectivity index (χ1v) is 43.0. The van der Waals surface area contributed by atoms with Crippen molar-refractivity contribution in [3.8, 4) is 46.3 Å². The summed E-state index contributed by atoms with van der Waals surface area (Å²) < 4.78 is 265. The molecule has 0 atom stereocenters.